The molecule has 130 valence electrons. The van der Waals surface area contributed by atoms with Gasteiger partial charge in [0, 0.05) is 23.9 Å². The summed E-state index contributed by atoms with van der Waals surface area (Å²) in [6, 6.07) is 15.6. The van der Waals surface area contributed by atoms with Gasteiger partial charge in [-0.15, -0.1) is 10.2 Å². The summed E-state index contributed by atoms with van der Waals surface area (Å²) in [6.07, 6.45) is 1.37. The van der Waals surface area contributed by atoms with Crippen molar-refractivity contribution in [2.45, 2.75) is 12.8 Å². The molecule has 0 saturated carbocycles. The van der Waals surface area contributed by atoms with Gasteiger partial charge < -0.3 is 0 Å². The molecule has 0 radical (unpaired) electrons. The maximum atomic E-state index is 5.48. The summed E-state index contributed by atoms with van der Waals surface area (Å²) in [5, 5.41) is 16.5. The van der Waals surface area contributed by atoms with E-state index < -0.39 is 0 Å². The number of rotatable bonds is 5. The van der Waals surface area contributed by atoms with Crippen molar-refractivity contribution in [1.29, 1.82) is 0 Å². The zero-order valence-electron chi connectivity index (χ0n) is 13.3. The summed E-state index contributed by atoms with van der Waals surface area (Å²) in [5.74, 6) is 0. The average Bonchev–Trinajstić information content (AvgIpc) is 3.25. The fraction of sp³-hybridized carbons (Fsp3) is 0.125. The van der Waals surface area contributed by atoms with Gasteiger partial charge in [-0.25, -0.2) is 0 Å². The Morgan fingerprint density at radius 1 is 0.731 bits per heavy atom. The summed E-state index contributed by atoms with van der Waals surface area (Å²) >= 11 is 13.8. The normalized spacial score (nSPS) is 11.2. The van der Waals surface area contributed by atoms with Crippen LogP contribution in [0.4, 0.5) is 0 Å². The van der Waals surface area contributed by atoms with E-state index in [0.29, 0.717) is 12.8 Å². The molecule has 0 atom stereocenters. The summed E-state index contributed by atoms with van der Waals surface area (Å²) < 4.78 is 5.12. The Kier molecular flexibility index (Phi) is 5.25. The third kappa shape index (κ3) is 3.78. The number of hydrogen-bond donors (Lipinski definition) is 0. The molecule has 0 aliphatic rings. The van der Waals surface area contributed by atoms with Crippen LogP contribution in [0.1, 0.15) is 12.8 Å². The van der Waals surface area contributed by atoms with Gasteiger partial charge >= 0.3 is 0 Å². The Hall–Kier alpha value is -1.88. The van der Waals surface area contributed by atoms with E-state index in [-0.39, 0.29) is 0 Å². The molecule has 4 rings (SSSR count). The van der Waals surface area contributed by atoms with Gasteiger partial charge in [0.05, 0.1) is 8.39 Å². The lowest BCUT2D eigenvalue weighted by atomic mass is 10.3. The Balaban J connectivity index is 1.34. The van der Waals surface area contributed by atoms with E-state index in [2.05, 4.69) is 20.6 Å². The zero-order valence-corrected chi connectivity index (χ0v) is 16.6. The van der Waals surface area contributed by atoms with Gasteiger partial charge in [0.2, 0.25) is 0 Å². The first-order valence-corrected chi connectivity index (χ1v) is 10.1. The fourth-order valence-corrected chi connectivity index (χ4v) is 4.37. The van der Waals surface area contributed by atoms with Crippen molar-refractivity contribution in [2.24, 2.45) is 0 Å². The van der Waals surface area contributed by atoms with Crippen molar-refractivity contribution < 1.29 is 0 Å². The highest BCUT2D eigenvalue weighted by Crippen LogP contribution is 2.22. The molecule has 2 aromatic heterocycles. The lowest BCUT2D eigenvalue weighted by Crippen LogP contribution is -2.02. The Labute approximate surface area is 168 Å². The molecule has 2 heterocycles. The van der Waals surface area contributed by atoms with Gasteiger partial charge in [0.25, 0.3) is 0 Å². The SMILES string of the molecule is S=C(CCC(=S)Sn1nnc2ccccc21)Sn1nnc2ccccc21. The van der Waals surface area contributed by atoms with Gasteiger partial charge in [-0.2, -0.15) is 8.17 Å². The maximum absolute atomic E-state index is 5.48. The van der Waals surface area contributed by atoms with Crippen molar-refractivity contribution in [1.82, 2.24) is 28.8 Å². The average molecular weight is 417 g/mol. The molecular weight excluding hydrogens is 404 g/mol. The van der Waals surface area contributed by atoms with Crippen molar-refractivity contribution in [3.63, 3.8) is 0 Å². The first-order valence-electron chi connectivity index (χ1n) is 7.74. The van der Waals surface area contributed by atoms with E-state index in [0.717, 1.165) is 30.5 Å². The molecule has 0 aliphatic carbocycles. The minimum Gasteiger partial charge on any atom is -0.181 e. The summed E-state index contributed by atoms with van der Waals surface area (Å²) in [6.45, 7) is 0. The summed E-state index contributed by atoms with van der Waals surface area (Å²) in [4.78, 5) is 0. The highest BCUT2D eigenvalue weighted by molar-refractivity contribution is 8.22. The molecule has 0 bridgehead atoms. The molecular formula is C16H12N6S4. The van der Waals surface area contributed by atoms with Crippen LogP contribution in [0.3, 0.4) is 0 Å². The van der Waals surface area contributed by atoms with Crippen LogP contribution >= 0.6 is 48.3 Å². The first kappa shape index (κ1) is 17.5. The summed E-state index contributed by atoms with van der Waals surface area (Å²) in [5.41, 5.74) is 3.61. The van der Waals surface area contributed by atoms with Crippen molar-refractivity contribution >= 4 is 78.8 Å². The molecule has 0 N–H and O–H groups in total. The van der Waals surface area contributed by atoms with Crippen molar-refractivity contribution in [3.8, 4) is 0 Å². The van der Waals surface area contributed by atoms with E-state index in [9.17, 15) is 0 Å². The molecule has 0 aliphatic heterocycles. The topological polar surface area (TPSA) is 61.4 Å². The molecule has 0 saturated heterocycles. The van der Waals surface area contributed by atoms with Crippen LogP contribution in [0.5, 0.6) is 0 Å². The van der Waals surface area contributed by atoms with Crippen LogP contribution < -0.4 is 0 Å². The number of hydrogen-bond acceptors (Lipinski definition) is 8. The van der Waals surface area contributed by atoms with Crippen LogP contribution in [0.2, 0.25) is 0 Å². The third-order valence-corrected chi connectivity index (χ3v) is 6.11. The predicted octanol–water partition coefficient (Wildman–Crippen LogP) is 4.30. The molecule has 0 spiro atoms. The van der Waals surface area contributed by atoms with E-state index in [1.807, 2.05) is 48.5 Å². The minimum absolute atomic E-state index is 0.687. The monoisotopic (exact) mass is 416 g/mol. The van der Waals surface area contributed by atoms with Gasteiger partial charge in [-0.05, 0) is 37.1 Å². The van der Waals surface area contributed by atoms with Crippen LogP contribution in [-0.4, -0.2) is 37.2 Å². The largest absolute Gasteiger partial charge is 0.181 e. The predicted molar refractivity (Wildman–Crippen MR) is 115 cm³/mol. The lowest BCUT2D eigenvalue weighted by Gasteiger charge is -2.05. The maximum Gasteiger partial charge on any atom is 0.114 e. The highest BCUT2D eigenvalue weighted by Gasteiger charge is 2.11. The molecule has 4 aromatic rings. The molecule has 2 aromatic carbocycles. The van der Waals surface area contributed by atoms with Crippen molar-refractivity contribution in [3.05, 3.63) is 48.5 Å². The number of benzene rings is 2. The lowest BCUT2D eigenvalue weighted by molar-refractivity contribution is 0.913. The van der Waals surface area contributed by atoms with Crippen molar-refractivity contribution in [2.75, 3.05) is 0 Å². The number of nitrogens with zero attached hydrogens (tertiary/aromatic N) is 6. The molecule has 0 amide bonds. The van der Waals surface area contributed by atoms with Gasteiger partial charge in [0.1, 0.15) is 22.1 Å². The quantitative estimate of drug-likeness (QED) is 0.446. The molecule has 0 unspecified atom stereocenters. The second kappa shape index (κ2) is 7.78. The molecule has 26 heavy (non-hydrogen) atoms. The molecule has 0 fully saturated rings. The van der Waals surface area contributed by atoms with E-state index in [1.165, 1.54) is 23.9 Å². The smallest absolute Gasteiger partial charge is 0.114 e. The second-order valence-corrected chi connectivity index (χ2v) is 8.87. The fourth-order valence-electron chi connectivity index (χ4n) is 2.32. The second-order valence-electron chi connectivity index (χ2n) is 5.33. The summed E-state index contributed by atoms with van der Waals surface area (Å²) in [7, 11) is 0. The third-order valence-electron chi connectivity index (χ3n) is 3.55. The number of fused-ring (bicyclic) bond motifs is 2. The van der Waals surface area contributed by atoms with E-state index in [4.69, 9.17) is 24.4 Å². The van der Waals surface area contributed by atoms with E-state index in [1.54, 1.807) is 8.17 Å². The van der Waals surface area contributed by atoms with E-state index >= 15 is 0 Å². The zero-order chi connectivity index (χ0) is 17.9. The molecule has 6 nitrogen and oxygen atoms in total. The van der Waals surface area contributed by atoms with Gasteiger partial charge in [0.15, 0.2) is 0 Å². The highest BCUT2D eigenvalue weighted by atomic mass is 32.2. The van der Waals surface area contributed by atoms with Crippen LogP contribution in [-0.2, 0) is 0 Å². The Bertz CT molecular complexity index is 1010. The molecule has 10 heteroatoms. The van der Waals surface area contributed by atoms with Crippen LogP contribution in [0.25, 0.3) is 22.1 Å². The Morgan fingerprint density at radius 3 is 1.62 bits per heavy atom. The van der Waals surface area contributed by atoms with Gasteiger partial charge in [-0.1, -0.05) is 59.1 Å². The van der Waals surface area contributed by atoms with Crippen LogP contribution in [0, 0.1) is 0 Å². The number of aromatic nitrogens is 6. The van der Waals surface area contributed by atoms with Crippen LogP contribution in [0.15, 0.2) is 48.5 Å². The van der Waals surface area contributed by atoms with Gasteiger partial charge in [-0.3, -0.25) is 0 Å². The minimum atomic E-state index is 0.687. The first-order chi connectivity index (χ1) is 12.7. The Morgan fingerprint density at radius 2 is 1.15 bits per heavy atom. The number of para-hydroxylation sites is 2. The number of thiocarbonyl (C=S) groups is 2. The standard InChI is InChI=1S/C16H12N6S4/c23-15(25-21-13-7-3-1-5-11(13)17-19-21)9-10-16(24)26-22-14-8-4-2-6-12(14)18-20-22/h1-8H,9-10H2.